The lowest BCUT2D eigenvalue weighted by molar-refractivity contribution is 0.0739. The molecule has 0 unspecified atom stereocenters. The summed E-state index contributed by atoms with van der Waals surface area (Å²) in [4.78, 5) is 21.2. The molecule has 3 aromatic rings. The fourth-order valence-corrected chi connectivity index (χ4v) is 3.15. The monoisotopic (exact) mass is 421 g/mol. The van der Waals surface area contributed by atoms with Crippen LogP contribution < -0.4 is 4.74 Å². The lowest BCUT2D eigenvalue weighted by Gasteiger charge is -2.23. The van der Waals surface area contributed by atoms with E-state index in [1.54, 1.807) is 18.3 Å². The van der Waals surface area contributed by atoms with Crippen LogP contribution in [0.2, 0.25) is 0 Å². The second-order valence-corrected chi connectivity index (χ2v) is 7.61. The van der Waals surface area contributed by atoms with Crippen molar-refractivity contribution in [1.82, 2.24) is 14.8 Å². The number of aromatic nitrogens is 1. The second-order valence-electron chi connectivity index (χ2n) is 7.61. The average Bonchev–Trinajstić information content (AvgIpc) is 2.78. The summed E-state index contributed by atoms with van der Waals surface area (Å²) in [5.41, 5.74) is 2.31. The summed E-state index contributed by atoms with van der Waals surface area (Å²) in [7, 11) is 3.99. The molecule has 0 aliphatic rings. The minimum absolute atomic E-state index is 0.0539. The first-order valence-corrected chi connectivity index (χ1v) is 10.4. The van der Waals surface area contributed by atoms with E-state index in [-0.39, 0.29) is 11.7 Å². The third kappa shape index (κ3) is 6.36. The standard InChI is InChI=1S/C25H28FN3O2/c1-4-15-29(17-16-28(2)3)25(30)24-18-20(13-14-27-24)19-5-9-22(10-6-19)31-23-11-7-21(26)8-12-23/h5-14,18H,4,15-17H2,1-3H3. The second kappa shape index (κ2) is 10.7. The van der Waals surface area contributed by atoms with Gasteiger partial charge in [-0.25, -0.2) is 4.39 Å². The van der Waals surface area contributed by atoms with Crippen LogP contribution in [0, 0.1) is 5.82 Å². The Kier molecular flexibility index (Phi) is 7.73. The van der Waals surface area contributed by atoms with Crippen LogP contribution in [0.15, 0.2) is 66.9 Å². The maximum atomic E-state index is 13.0. The molecule has 0 radical (unpaired) electrons. The highest BCUT2D eigenvalue weighted by Crippen LogP contribution is 2.26. The summed E-state index contributed by atoms with van der Waals surface area (Å²) >= 11 is 0. The Bertz CT molecular complexity index is 988. The van der Waals surface area contributed by atoms with Gasteiger partial charge >= 0.3 is 0 Å². The molecule has 3 rings (SSSR count). The molecule has 2 aromatic carbocycles. The van der Waals surface area contributed by atoms with Crippen LogP contribution in [0.3, 0.4) is 0 Å². The highest BCUT2D eigenvalue weighted by Gasteiger charge is 2.17. The first-order chi connectivity index (χ1) is 15.0. The number of halogens is 1. The molecule has 5 nitrogen and oxygen atoms in total. The first-order valence-electron chi connectivity index (χ1n) is 10.4. The molecule has 0 N–H and O–H groups in total. The van der Waals surface area contributed by atoms with E-state index in [9.17, 15) is 9.18 Å². The number of nitrogens with zero attached hydrogens (tertiary/aromatic N) is 3. The lowest BCUT2D eigenvalue weighted by atomic mass is 10.1. The van der Waals surface area contributed by atoms with Crippen molar-refractivity contribution in [3.05, 3.63) is 78.4 Å². The average molecular weight is 422 g/mol. The number of hydrogen-bond donors (Lipinski definition) is 0. The normalized spacial score (nSPS) is 10.9. The van der Waals surface area contributed by atoms with Crippen molar-refractivity contribution in [1.29, 1.82) is 0 Å². The van der Waals surface area contributed by atoms with Crippen LogP contribution >= 0.6 is 0 Å². The molecule has 0 aliphatic carbocycles. The SMILES string of the molecule is CCCN(CCN(C)C)C(=O)c1cc(-c2ccc(Oc3ccc(F)cc3)cc2)ccn1. The maximum absolute atomic E-state index is 13.0. The number of rotatable bonds is 9. The van der Waals surface area contributed by atoms with E-state index in [0.717, 1.165) is 24.1 Å². The molecule has 0 spiro atoms. The molecule has 1 heterocycles. The van der Waals surface area contributed by atoms with Gasteiger partial charge in [-0.3, -0.25) is 9.78 Å². The lowest BCUT2D eigenvalue weighted by Crippen LogP contribution is -2.37. The van der Waals surface area contributed by atoms with Crippen molar-refractivity contribution in [2.24, 2.45) is 0 Å². The van der Waals surface area contributed by atoms with Gasteiger partial charge in [0.05, 0.1) is 0 Å². The molecule has 0 bridgehead atoms. The third-order valence-electron chi connectivity index (χ3n) is 4.81. The van der Waals surface area contributed by atoms with E-state index < -0.39 is 0 Å². The molecule has 0 fully saturated rings. The number of benzene rings is 2. The fourth-order valence-electron chi connectivity index (χ4n) is 3.15. The summed E-state index contributed by atoms with van der Waals surface area (Å²) in [6.45, 7) is 4.24. The Hall–Kier alpha value is -3.25. The van der Waals surface area contributed by atoms with Gasteiger partial charge in [0.2, 0.25) is 0 Å². The van der Waals surface area contributed by atoms with Gasteiger partial charge in [0.25, 0.3) is 5.91 Å². The summed E-state index contributed by atoms with van der Waals surface area (Å²) in [5, 5.41) is 0. The molecule has 0 atom stereocenters. The van der Waals surface area contributed by atoms with Crippen molar-refractivity contribution >= 4 is 5.91 Å². The van der Waals surface area contributed by atoms with Crippen molar-refractivity contribution in [2.75, 3.05) is 33.7 Å². The highest BCUT2D eigenvalue weighted by atomic mass is 19.1. The molecule has 0 saturated heterocycles. The van der Waals surface area contributed by atoms with Gasteiger partial charge in [-0.1, -0.05) is 19.1 Å². The molecule has 1 aromatic heterocycles. The van der Waals surface area contributed by atoms with Crippen molar-refractivity contribution < 1.29 is 13.9 Å². The van der Waals surface area contributed by atoms with Gasteiger partial charge in [0, 0.05) is 25.8 Å². The van der Waals surface area contributed by atoms with Gasteiger partial charge in [0.1, 0.15) is 23.0 Å². The van der Waals surface area contributed by atoms with Gasteiger partial charge in [-0.05, 0) is 80.2 Å². The molecule has 6 heteroatoms. The molecular formula is C25H28FN3O2. The van der Waals surface area contributed by atoms with Gasteiger partial charge in [0.15, 0.2) is 0 Å². The molecule has 0 saturated carbocycles. The van der Waals surface area contributed by atoms with Crippen LogP contribution in [0.5, 0.6) is 11.5 Å². The summed E-state index contributed by atoms with van der Waals surface area (Å²) in [6, 6.07) is 17.2. The number of amides is 1. The summed E-state index contributed by atoms with van der Waals surface area (Å²) < 4.78 is 18.8. The first kappa shape index (κ1) is 22.4. The summed E-state index contributed by atoms with van der Waals surface area (Å²) in [5.74, 6) is 0.866. The molecule has 31 heavy (non-hydrogen) atoms. The van der Waals surface area contributed by atoms with Gasteiger partial charge in [-0.15, -0.1) is 0 Å². The van der Waals surface area contributed by atoms with E-state index in [2.05, 4.69) is 16.8 Å². The minimum atomic E-state index is -0.301. The van der Waals surface area contributed by atoms with Crippen LogP contribution in [0.25, 0.3) is 11.1 Å². The number of hydrogen-bond acceptors (Lipinski definition) is 4. The minimum Gasteiger partial charge on any atom is -0.457 e. The van der Waals surface area contributed by atoms with Crippen LogP contribution in [0.1, 0.15) is 23.8 Å². The molecule has 1 amide bonds. The van der Waals surface area contributed by atoms with Crippen LogP contribution in [-0.4, -0.2) is 54.4 Å². The van der Waals surface area contributed by atoms with Crippen molar-refractivity contribution in [2.45, 2.75) is 13.3 Å². The number of carbonyl (C=O) groups excluding carboxylic acids is 1. The summed E-state index contributed by atoms with van der Waals surface area (Å²) in [6.07, 6.45) is 2.57. The Morgan fingerprint density at radius 2 is 1.55 bits per heavy atom. The number of ether oxygens (including phenoxy) is 1. The zero-order chi connectivity index (χ0) is 22.2. The maximum Gasteiger partial charge on any atom is 0.272 e. The Labute approximate surface area is 183 Å². The molecule has 0 aliphatic heterocycles. The quantitative estimate of drug-likeness (QED) is 0.483. The van der Waals surface area contributed by atoms with Crippen LogP contribution in [-0.2, 0) is 0 Å². The third-order valence-corrected chi connectivity index (χ3v) is 4.81. The Balaban J connectivity index is 1.74. The number of pyridine rings is 1. The fraction of sp³-hybridized carbons (Fsp3) is 0.280. The zero-order valence-corrected chi connectivity index (χ0v) is 18.2. The predicted molar refractivity (Wildman–Crippen MR) is 121 cm³/mol. The number of carbonyl (C=O) groups is 1. The van der Waals surface area contributed by atoms with E-state index in [1.807, 2.05) is 55.4 Å². The van der Waals surface area contributed by atoms with E-state index >= 15 is 0 Å². The Morgan fingerprint density at radius 3 is 2.16 bits per heavy atom. The Morgan fingerprint density at radius 1 is 0.903 bits per heavy atom. The highest BCUT2D eigenvalue weighted by molar-refractivity contribution is 5.93. The topological polar surface area (TPSA) is 45.7 Å². The van der Waals surface area contributed by atoms with E-state index in [0.29, 0.717) is 30.3 Å². The van der Waals surface area contributed by atoms with Crippen molar-refractivity contribution in [3.63, 3.8) is 0 Å². The largest absolute Gasteiger partial charge is 0.457 e. The molecular weight excluding hydrogens is 393 g/mol. The smallest absolute Gasteiger partial charge is 0.272 e. The van der Waals surface area contributed by atoms with Gasteiger partial charge < -0.3 is 14.5 Å². The van der Waals surface area contributed by atoms with Gasteiger partial charge in [-0.2, -0.15) is 0 Å². The molecule has 162 valence electrons. The number of likely N-dealkylation sites (N-methyl/N-ethyl adjacent to an activating group) is 1. The van der Waals surface area contributed by atoms with Crippen molar-refractivity contribution in [3.8, 4) is 22.6 Å². The zero-order valence-electron chi connectivity index (χ0n) is 18.2. The van der Waals surface area contributed by atoms with E-state index in [4.69, 9.17) is 4.74 Å². The predicted octanol–water partition coefficient (Wildman–Crippen LogP) is 5.09. The van der Waals surface area contributed by atoms with E-state index in [1.165, 1.54) is 12.1 Å². The van der Waals surface area contributed by atoms with Crippen LogP contribution in [0.4, 0.5) is 4.39 Å².